The smallest absolute Gasteiger partial charge is 0.352 e. The number of hydrogen-bond donors (Lipinski definition) is 1. The highest BCUT2D eigenvalue weighted by Gasteiger charge is 2.13. The SMILES string of the molecule is CCCCCn1cc(C(C)=O)cc1C(=O)O. The molecule has 4 nitrogen and oxygen atoms in total. The molecule has 0 aliphatic heterocycles. The van der Waals surface area contributed by atoms with Gasteiger partial charge in [0.1, 0.15) is 5.69 Å². The van der Waals surface area contributed by atoms with E-state index in [-0.39, 0.29) is 11.5 Å². The highest BCUT2D eigenvalue weighted by atomic mass is 16.4. The van der Waals surface area contributed by atoms with E-state index < -0.39 is 5.97 Å². The Hall–Kier alpha value is -1.58. The molecular formula is C12H17NO3. The fraction of sp³-hybridized carbons (Fsp3) is 0.500. The van der Waals surface area contributed by atoms with Gasteiger partial charge in [-0.1, -0.05) is 19.8 Å². The van der Waals surface area contributed by atoms with E-state index in [1.54, 1.807) is 10.8 Å². The number of aryl methyl sites for hydroxylation is 1. The Bertz CT molecular complexity index is 393. The minimum Gasteiger partial charge on any atom is -0.477 e. The molecule has 0 saturated heterocycles. The standard InChI is InChI=1S/C12H17NO3/c1-3-4-5-6-13-8-10(9(2)14)7-11(13)12(15)16/h7-8H,3-6H2,1-2H3,(H,15,16). The first-order valence-corrected chi connectivity index (χ1v) is 5.50. The van der Waals surface area contributed by atoms with E-state index in [0.717, 1.165) is 19.3 Å². The van der Waals surface area contributed by atoms with Crippen molar-refractivity contribution in [3.63, 3.8) is 0 Å². The van der Waals surface area contributed by atoms with Gasteiger partial charge in [-0.3, -0.25) is 4.79 Å². The summed E-state index contributed by atoms with van der Waals surface area (Å²) in [5, 5.41) is 8.99. The summed E-state index contributed by atoms with van der Waals surface area (Å²) >= 11 is 0. The van der Waals surface area contributed by atoms with Crippen LogP contribution in [0.5, 0.6) is 0 Å². The number of Topliss-reactive ketones (excluding diaryl/α,β-unsaturated/α-hetero) is 1. The number of nitrogens with zero attached hydrogens (tertiary/aromatic N) is 1. The van der Waals surface area contributed by atoms with Crippen molar-refractivity contribution < 1.29 is 14.7 Å². The predicted molar refractivity (Wildman–Crippen MR) is 60.9 cm³/mol. The summed E-state index contributed by atoms with van der Waals surface area (Å²) in [5.74, 6) is -1.08. The van der Waals surface area contributed by atoms with Crippen molar-refractivity contribution in [3.05, 3.63) is 23.5 Å². The van der Waals surface area contributed by atoms with Crippen LogP contribution in [0.1, 0.15) is 54.0 Å². The number of carboxylic acid groups (broad SMARTS) is 1. The van der Waals surface area contributed by atoms with Crippen LogP contribution in [0, 0.1) is 0 Å². The van der Waals surface area contributed by atoms with Crippen LogP contribution in [0.4, 0.5) is 0 Å². The normalized spacial score (nSPS) is 10.4. The largest absolute Gasteiger partial charge is 0.477 e. The first kappa shape index (κ1) is 12.5. The zero-order chi connectivity index (χ0) is 12.1. The van der Waals surface area contributed by atoms with Crippen LogP contribution in [-0.4, -0.2) is 21.4 Å². The van der Waals surface area contributed by atoms with Crippen LogP contribution in [0.15, 0.2) is 12.3 Å². The Labute approximate surface area is 94.9 Å². The van der Waals surface area contributed by atoms with Crippen molar-refractivity contribution in [3.8, 4) is 0 Å². The molecule has 1 aromatic rings. The van der Waals surface area contributed by atoms with Gasteiger partial charge in [-0.2, -0.15) is 0 Å². The van der Waals surface area contributed by atoms with Gasteiger partial charge >= 0.3 is 5.97 Å². The Morgan fingerprint density at radius 1 is 1.38 bits per heavy atom. The Kier molecular flexibility index (Phi) is 4.28. The third-order valence-corrected chi connectivity index (χ3v) is 2.52. The van der Waals surface area contributed by atoms with Crippen LogP contribution in [-0.2, 0) is 6.54 Å². The van der Waals surface area contributed by atoms with Gasteiger partial charge in [0.25, 0.3) is 0 Å². The monoisotopic (exact) mass is 223 g/mol. The molecule has 16 heavy (non-hydrogen) atoms. The summed E-state index contributed by atoms with van der Waals surface area (Å²) < 4.78 is 1.65. The molecule has 0 saturated carbocycles. The molecule has 88 valence electrons. The zero-order valence-electron chi connectivity index (χ0n) is 9.69. The molecule has 0 aliphatic carbocycles. The molecule has 0 fully saturated rings. The van der Waals surface area contributed by atoms with Crippen LogP contribution >= 0.6 is 0 Å². The van der Waals surface area contributed by atoms with E-state index in [0.29, 0.717) is 12.1 Å². The van der Waals surface area contributed by atoms with Crippen molar-refractivity contribution in [2.24, 2.45) is 0 Å². The van der Waals surface area contributed by atoms with Gasteiger partial charge in [0, 0.05) is 18.3 Å². The molecule has 1 rings (SSSR count). The van der Waals surface area contributed by atoms with Crippen molar-refractivity contribution in [1.29, 1.82) is 0 Å². The Morgan fingerprint density at radius 3 is 2.56 bits per heavy atom. The second-order valence-electron chi connectivity index (χ2n) is 3.88. The van der Waals surface area contributed by atoms with E-state index in [1.165, 1.54) is 13.0 Å². The van der Waals surface area contributed by atoms with Gasteiger partial charge in [-0.15, -0.1) is 0 Å². The highest BCUT2D eigenvalue weighted by Crippen LogP contribution is 2.11. The number of hydrogen-bond acceptors (Lipinski definition) is 2. The Balaban J connectivity index is 2.87. The Morgan fingerprint density at radius 2 is 2.06 bits per heavy atom. The minimum absolute atomic E-state index is 0.100. The maximum Gasteiger partial charge on any atom is 0.352 e. The van der Waals surface area contributed by atoms with E-state index >= 15 is 0 Å². The third kappa shape index (κ3) is 2.95. The van der Waals surface area contributed by atoms with Gasteiger partial charge in [0.05, 0.1) is 0 Å². The molecule has 0 aliphatic rings. The number of carbonyl (C=O) groups is 2. The predicted octanol–water partition coefficient (Wildman–Crippen LogP) is 2.58. The topological polar surface area (TPSA) is 59.3 Å². The fourth-order valence-electron chi connectivity index (χ4n) is 1.60. The zero-order valence-corrected chi connectivity index (χ0v) is 9.69. The van der Waals surface area contributed by atoms with Crippen molar-refractivity contribution in [2.75, 3.05) is 0 Å². The lowest BCUT2D eigenvalue weighted by Gasteiger charge is -2.04. The van der Waals surface area contributed by atoms with Gasteiger partial charge in [0.2, 0.25) is 0 Å². The average Bonchev–Trinajstić information content (AvgIpc) is 2.62. The lowest BCUT2D eigenvalue weighted by molar-refractivity contribution is 0.0685. The summed E-state index contributed by atoms with van der Waals surface area (Å²) in [7, 11) is 0. The lowest BCUT2D eigenvalue weighted by Crippen LogP contribution is -2.07. The van der Waals surface area contributed by atoms with E-state index in [4.69, 9.17) is 5.11 Å². The van der Waals surface area contributed by atoms with E-state index in [9.17, 15) is 9.59 Å². The molecule has 1 heterocycles. The number of carbonyl (C=O) groups excluding carboxylic acids is 1. The second kappa shape index (κ2) is 5.49. The molecule has 1 N–H and O–H groups in total. The summed E-state index contributed by atoms with van der Waals surface area (Å²) in [4.78, 5) is 22.1. The third-order valence-electron chi connectivity index (χ3n) is 2.52. The molecule has 4 heteroatoms. The second-order valence-corrected chi connectivity index (χ2v) is 3.88. The number of ketones is 1. The van der Waals surface area contributed by atoms with Crippen molar-refractivity contribution in [2.45, 2.75) is 39.7 Å². The minimum atomic E-state index is -0.982. The highest BCUT2D eigenvalue weighted by molar-refractivity contribution is 5.97. The molecular weight excluding hydrogens is 206 g/mol. The van der Waals surface area contributed by atoms with Gasteiger partial charge in [-0.05, 0) is 19.4 Å². The van der Waals surface area contributed by atoms with Crippen LogP contribution in [0.25, 0.3) is 0 Å². The molecule has 0 atom stereocenters. The first-order valence-electron chi connectivity index (χ1n) is 5.50. The van der Waals surface area contributed by atoms with E-state index in [1.807, 2.05) is 0 Å². The molecule has 0 bridgehead atoms. The molecule has 0 unspecified atom stereocenters. The number of unbranched alkanes of at least 4 members (excludes halogenated alkanes) is 2. The molecule has 0 radical (unpaired) electrons. The summed E-state index contributed by atoms with van der Waals surface area (Å²) in [6.07, 6.45) is 4.71. The van der Waals surface area contributed by atoms with Crippen LogP contribution in [0.2, 0.25) is 0 Å². The number of aromatic nitrogens is 1. The number of rotatable bonds is 6. The first-order chi connectivity index (χ1) is 7.56. The summed E-state index contributed by atoms with van der Waals surface area (Å²) in [6.45, 7) is 4.19. The van der Waals surface area contributed by atoms with Crippen molar-refractivity contribution in [1.82, 2.24) is 4.57 Å². The van der Waals surface area contributed by atoms with Crippen LogP contribution in [0.3, 0.4) is 0 Å². The van der Waals surface area contributed by atoms with Gasteiger partial charge in [-0.25, -0.2) is 4.79 Å². The average molecular weight is 223 g/mol. The molecule has 0 spiro atoms. The van der Waals surface area contributed by atoms with Crippen LogP contribution < -0.4 is 0 Å². The van der Waals surface area contributed by atoms with Gasteiger partial charge in [0.15, 0.2) is 5.78 Å². The maximum atomic E-state index is 11.2. The molecule has 1 aromatic heterocycles. The fourth-order valence-corrected chi connectivity index (χ4v) is 1.60. The van der Waals surface area contributed by atoms with Gasteiger partial charge < -0.3 is 9.67 Å². The lowest BCUT2D eigenvalue weighted by atomic mass is 10.2. The summed E-state index contributed by atoms with van der Waals surface area (Å²) in [5.41, 5.74) is 0.662. The quantitative estimate of drug-likeness (QED) is 0.595. The maximum absolute atomic E-state index is 11.2. The van der Waals surface area contributed by atoms with E-state index in [2.05, 4.69) is 6.92 Å². The number of carboxylic acids is 1. The van der Waals surface area contributed by atoms with Crippen molar-refractivity contribution >= 4 is 11.8 Å². The molecule has 0 amide bonds. The summed E-state index contributed by atoms with van der Waals surface area (Å²) in [6, 6.07) is 1.44. The number of aromatic carboxylic acids is 1. The molecule has 0 aromatic carbocycles.